The van der Waals surface area contributed by atoms with E-state index in [1.54, 1.807) is 28.4 Å². The van der Waals surface area contributed by atoms with E-state index in [1.807, 2.05) is 24.4 Å². The van der Waals surface area contributed by atoms with E-state index in [9.17, 15) is 4.79 Å². The molecule has 27 heavy (non-hydrogen) atoms. The first-order valence-electron chi connectivity index (χ1n) is 9.41. The second-order valence-corrected chi connectivity index (χ2v) is 7.88. The van der Waals surface area contributed by atoms with Gasteiger partial charge in [-0.15, -0.1) is 21.5 Å². The monoisotopic (exact) mass is 385 g/mol. The van der Waals surface area contributed by atoms with Crippen molar-refractivity contribution in [3.05, 3.63) is 41.4 Å². The van der Waals surface area contributed by atoms with Gasteiger partial charge < -0.3 is 9.73 Å². The van der Waals surface area contributed by atoms with Crippen molar-refractivity contribution in [1.29, 1.82) is 0 Å². The number of hydrogen-bond acceptors (Lipinski definition) is 6. The molecular weight excluding hydrogens is 362 g/mol. The Morgan fingerprint density at radius 1 is 1.33 bits per heavy atom. The highest BCUT2D eigenvalue weighted by Crippen LogP contribution is 2.36. The Kier molecular flexibility index (Phi) is 5.33. The molecule has 1 saturated carbocycles. The second kappa shape index (κ2) is 8.04. The number of amides is 1. The number of carbonyl (C=O) groups is 1. The van der Waals surface area contributed by atoms with Gasteiger partial charge in [0, 0.05) is 25.2 Å². The van der Waals surface area contributed by atoms with Crippen molar-refractivity contribution in [1.82, 2.24) is 25.3 Å². The largest absolute Gasteiger partial charge is 0.420 e. The number of hydrogen-bond donors (Lipinski definition) is 1. The van der Waals surface area contributed by atoms with Gasteiger partial charge in [-0.05, 0) is 50.0 Å². The maximum Gasteiger partial charge on any atom is 0.257 e. The van der Waals surface area contributed by atoms with Crippen LogP contribution in [-0.2, 0) is 6.54 Å². The summed E-state index contributed by atoms with van der Waals surface area (Å²) in [5.41, 5.74) is 0.623. The number of thiophene rings is 1. The summed E-state index contributed by atoms with van der Waals surface area (Å²) in [7, 11) is 0. The van der Waals surface area contributed by atoms with Gasteiger partial charge in [-0.2, -0.15) is 5.10 Å². The SMILES string of the molecule is CCn1cc(C(=O)NCC2CCC(c3nnc(-c4cccs4)o3)CC2)cn1. The quantitative estimate of drug-likeness (QED) is 0.699. The van der Waals surface area contributed by atoms with E-state index in [-0.39, 0.29) is 5.91 Å². The molecule has 0 saturated heterocycles. The molecule has 1 aliphatic rings. The summed E-state index contributed by atoms with van der Waals surface area (Å²) in [6, 6.07) is 3.97. The number of aryl methyl sites for hydroxylation is 1. The molecule has 0 radical (unpaired) electrons. The molecule has 0 bridgehead atoms. The van der Waals surface area contributed by atoms with Gasteiger partial charge in [0.2, 0.25) is 5.89 Å². The Morgan fingerprint density at radius 3 is 2.89 bits per heavy atom. The van der Waals surface area contributed by atoms with Gasteiger partial charge in [-0.3, -0.25) is 9.48 Å². The van der Waals surface area contributed by atoms with Crippen LogP contribution in [0, 0.1) is 5.92 Å². The third kappa shape index (κ3) is 4.10. The molecule has 3 heterocycles. The third-order valence-corrected chi connectivity index (χ3v) is 6.00. The summed E-state index contributed by atoms with van der Waals surface area (Å²) in [6.07, 6.45) is 7.54. The molecule has 1 amide bonds. The van der Waals surface area contributed by atoms with Crippen molar-refractivity contribution in [3.63, 3.8) is 0 Å². The molecular formula is C19H23N5O2S. The van der Waals surface area contributed by atoms with Crippen molar-refractivity contribution in [2.24, 2.45) is 5.92 Å². The van der Waals surface area contributed by atoms with Crippen molar-refractivity contribution in [2.75, 3.05) is 6.54 Å². The van der Waals surface area contributed by atoms with Crippen LogP contribution in [0.5, 0.6) is 0 Å². The predicted octanol–water partition coefficient (Wildman–Crippen LogP) is 3.72. The second-order valence-electron chi connectivity index (χ2n) is 6.94. The Morgan fingerprint density at radius 2 is 2.19 bits per heavy atom. The number of carbonyl (C=O) groups excluding carboxylic acids is 1. The van der Waals surface area contributed by atoms with Crippen molar-refractivity contribution >= 4 is 17.2 Å². The van der Waals surface area contributed by atoms with Gasteiger partial charge in [0.15, 0.2) is 0 Å². The zero-order chi connectivity index (χ0) is 18.6. The van der Waals surface area contributed by atoms with Crippen LogP contribution in [0.25, 0.3) is 10.8 Å². The normalized spacial score (nSPS) is 19.9. The van der Waals surface area contributed by atoms with E-state index in [4.69, 9.17) is 4.42 Å². The number of rotatable bonds is 6. The van der Waals surface area contributed by atoms with Gasteiger partial charge >= 0.3 is 0 Å². The van der Waals surface area contributed by atoms with E-state index >= 15 is 0 Å². The van der Waals surface area contributed by atoms with Crippen LogP contribution in [0.3, 0.4) is 0 Å². The molecule has 0 atom stereocenters. The molecule has 0 spiro atoms. The Hall–Kier alpha value is -2.48. The van der Waals surface area contributed by atoms with Gasteiger partial charge in [0.05, 0.1) is 16.6 Å². The van der Waals surface area contributed by atoms with Crippen molar-refractivity contribution in [3.8, 4) is 10.8 Å². The fourth-order valence-electron chi connectivity index (χ4n) is 3.51. The zero-order valence-electron chi connectivity index (χ0n) is 15.3. The highest BCUT2D eigenvalue weighted by molar-refractivity contribution is 7.13. The van der Waals surface area contributed by atoms with Gasteiger partial charge in [0.25, 0.3) is 11.8 Å². The van der Waals surface area contributed by atoms with E-state index in [0.717, 1.165) is 43.0 Å². The lowest BCUT2D eigenvalue weighted by Gasteiger charge is -2.26. The average Bonchev–Trinajstić information content (AvgIpc) is 3.47. The van der Waals surface area contributed by atoms with Gasteiger partial charge in [-0.25, -0.2) is 0 Å². The highest BCUT2D eigenvalue weighted by Gasteiger charge is 2.27. The summed E-state index contributed by atoms with van der Waals surface area (Å²) in [5.74, 6) is 2.12. The Bertz CT molecular complexity index is 878. The topological polar surface area (TPSA) is 85.8 Å². The summed E-state index contributed by atoms with van der Waals surface area (Å²) in [5, 5.41) is 17.6. The van der Waals surface area contributed by atoms with Crippen LogP contribution in [0.1, 0.15) is 54.8 Å². The van der Waals surface area contributed by atoms with E-state index in [1.165, 1.54) is 0 Å². The molecule has 0 unspecified atom stereocenters. The molecule has 0 aliphatic heterocycles. The molecule has 3 aromatic heterocycles. The molecule has 0 aromatic carbocycles. The first kappa shape index (κ1) is 17.9. The maximum absolute atomic E-state index is 12.2. The van der Waals surface area contributed by atoms with Gasteiger partial charge in [0.1, 0.15) is 0 Å². The fraction of sp³-hybridized carbons (Fsp3) is 0.474. The molecule has 1 fully saturated rings. The van der Waals surface area contributed by atoms with Crippen molar-refractivity contribution < 1.29 is 9.21 Å². The molecule has 142 valence electrons. The first-order chi connectivity index (χ1) is 13.2. The van der Waals surface area contributed by atoms with Crippen LogP contribution >= 0.6 is 11.3 Å². The minimum Gasteiger partial charge on any atom is -0.420 e. The summed E-state index contributed by atoms with van der Waals surface area (Å²) in [4.78, 5) is 13.2. The molecule has 1 aliphatic carbocycles. The van der Waals surface area contributed by atoms with Gasteiger partial charge in [-0.1, -0.05) is 6.07 Å². The smallest absolute Gasteiger partial charge is 0.257 e. The fourth-order valence-corrected chi connectivity index (χ4v) is 4.15. The van der Waals surface area contributed by atoms with E-state index in [2.05, 4.69) is 20.6 Å². The molecule has 1 N–H and O–H groups in total. The lowest BCUT2D eigenvalue weighted by atomic mass is 9.82. The van der Waals surface area contributed by atoms with Crippen LogP contribution in [0.4, 0.5) is 0 Å². The van der Waals surface area contributed by atoms with Crippen molar-refractivity contribution in [2.45, 2.75) is 45.1 Å². The number of nitrogens with zero attached hydrogens (tertiary/aromatic N) is 4. The lowest BCUT2D eigenvalue weighted by molar-refractivity contribution is 0.0942. The molecule has 7 nitrogen and oxygen atoms in total. The average molecular weight is 385 g/mol. The minimum absolute atomic E-state index is 0.0469. The lowest BCUT2D eigenvalue weighted by Crippen LogP contribution is -2.31. The summed E-state index contributed by atoms with van der Waals surface area (Å²) >= 11 is 1.60. The van der Waals surface area contributed by atoms with E-state index in [0.29, 0.717) is 29.8 Å². The van der Waals surface area contributed by atoms with Crippen LogP contribution in [0.2, 0.25) is 0 Å². The first-order valence-corrected chi connectivity index (χ1v) is 10.3. The molecule has 8 heteroatoms. The number of aromatic nitrogens is 4. The van der Waals surface area contributed by atoms with E-state index < -0.39 is 0 Å². The minimum atomic E-state index is -0.0469. The standard InChI is InChI=1S/C19H23N5O2S/c1-2-24-12-15(11-21-24)17(25)20-10-13-5-7-14(8-6-13)18-22-23-19(26-18)16-4-3-9-27-16/h3-4,9,11-14H,2,5-8,10H2,1H3,(H,20,25). The predicted molar refractivity (Wildman–Crippen MR) is 103 cm³/mol. The zero-order valence-corrected chi connectivity index (χ0v) is 16.1. The Labute approximate surface area is 161 Å². The van der Waals surface area contributed by atoms with Crippen LogP contribution < -0.4 is 5.32 Å². The molecule has 3 aromatic rings. The highest BCUT2D eigenvalue weighted by atomic mass is 32.1. The summed E-state index contributed by atoms with van der Waals surface area (Å²) in [6.45, 7) is 3.47. The number of nitrogens with one attached hydrogen (secondary N) is 1. The van der Waals surface area contributed by atoms with Crippen LogP contribution in [-0.4, -0.2) is 32.4 Å². The summed E-state index contributed by atoms with van der Waals surface area (Å²) < 4.78 is 7.64. The maximum atomic E-state index is 12.2. The molecule has 4 rings (SSSR count). The van der Waals surface area contributed by atoms with Crippen LogP contribution in [0.15, 0.2) is 34.3 Å². The Balaban J connectivity index is 1.26. The third-order valence-electron chi connectivity index (χ3n) is 5.14.